The van der Waals surface area contributed by atoms with Gasteiger partial charge in [0, 0.05) is 11.8 Å². The van der Waals surface area contributed by atoms with Crippen molar-refractivity contribution in [2.45, 2.75) is 26.9 Å². The molecule has 0 fully saturated rings. The van der Waals surface area contributed by atoms with Crippen LogP contribution in [0.1, 0.15) is 18.1 Å². The average Bonchev–Trinajstić information content (AvgIpc) is 2.46. The summed E-state index contributed by atoms with van der Waals surface area (Å²) in [6.07, 6.45) is -0.844. The normalized spacial score (nSPS) is 11.9. The Bertz CT molecular complexity index is 681. The van der Waals surface area contributed by atoms with Gasteiger partial charge in [-0.15, -0.1) is 0 Å². The minimum Gasteiger partial charge on any atom is -0.481 e. The predicted molar refractivity (Wildman–Crippen MR) is 81.0 cm³/mol. The maximum absolute atomic E-state index is 13.1. The molecule has 1 amide bonds. The van der Waals surface area contributed by atoms with Crippen molar-refractivity contribution < 1.29 is 18.3 Å². The largest absolute Gasteiger partial charge is 0.481 e. The molecule has 0 spiro atoms. The Balaban J connectivity index is 2.07. The number of ether oxygens (including phenoxy) is 1. The number of halogens is 2. The van der Waals surface area contributed by atoms with E-state index < -0.39 is 17.7 Å². The van der Waals surface area contributed by atoms with Gasteiger partial charge in [0.15, 0.2) is 17.7 Å². The van der Waals surface area contributed by atoms with Crippen LogP contribution in [0.25, 0.3) is 0 Å². The van der Waals surface area contributed by atoms with Gasteiger partial charge in [0.1, 0.15) is 5.75 Å². The molecule has 1 atom stereocenters. The molecule has 0 radical (unpaired) electrons. The van der Waals surface area contributed by atoms with E-state index in [1.54, 1.807) is 6.92 Å². The summed E-state index contributed by atoms with van der Waals surface area (Å²) in [7, 11) is 0. The quantitative estimate of drug-likeness (QED) is 0.927. The van der Waals surface area contributed by atoms with E-state index in [-0.39, 0.29) is 11.7 Å². The van der Waals surface area contributed by atoms with Gasteiger partial charge in [-0.3, -0.25) is 4.79 Å². The van der Waals surface area contributed by atoms with E-state index in [0.717, 1.165) is 28.9 Å². The van der Waals surface area contributed by atoms with Gasteiger partial charge >= 0.3 is 0 Å². The molecule has 5 heteroatoms. The van der Waals surface area contributed by atoms with Crippen molar-refractivity contribution in [3.63, 3.8) is 0 Å². The third-order valence-electron chi connectivity index (χ3n) is 3.30. The number of carbonyl (C=O) groups is 1. The lowest BCUT2D eigenvalue weighted by Crippen LogP contribution is -2.30. The van der Waals surface area contributed by atoms with Crippen LogP contribution >= 0.6 is 0 Å². The number of amides is 1. The fraction of sp³-hybridized carbons (Fsp3) is 0.235. The number of hydrogen-bond donors (Lipinski definition) is 1. The number of benzene rings is 2. The minimum absolute atomic E-state index is 0.100. The number of carbonyl (C=O) groups excluding carboxylic acids is 1. The van der Waals surface area contributed by atoms with Gasteiger partial charge in [-0.2, -0.15) is 0 Å². The third kappa shape index (κ3) is 3.61. The van der Waals surface area contributed by atoms with E-state index >= 15 is 0 Å². The lowest BCUT2D eigenvalue weighted by molar-refractivity contribution is -0.122. The summed E-state index contributed by atoms with van der Waals surface area (Å²) in [4.78, 5) is 12.2. The number of hydrogen-bond acceptors (Lipinski definition) is 2. The molecule has 0 aromatic heterocycles. The van der Waals surface area contributed by atoms with Crippen LogP contribution in [0, 0.1) is 25.5 Å². The first-order valence-corrected chi connectivity index (χ1v) is 6.87. The molecule has 3 nitrogen and oxygen atoms in total. The molecule has 0 aliphatic heterocycles. The van der Waals surface area contributed by atoms with Crippen molar-refractivity contribution in [1.82, 2.24) is 0 Å². The average molecular weight is 305 g/mol. The van der Waals surface area contributed by atoms with Gasteiger partial charge < -0.3 is 10.1 Å². The Labute approximate surface area is 127 Å². The molecule has 1 N–H and O–H groups in total. The van der Waals surface area contributed by atoms with Crippen molar-refractivity contribution in [3.8, 4) is 5.75 Å². The van der Waals surface area contributed by atoms with Crippen molar-refractivity contribution >= 4 is 11.6 Å². The summed E-state index contributed by atoms with van der Waals surface area (Å²) in [6, 6.07) is 8.84. The molecule has 0 aliphatic rings. The SMILES string of the molecule is Cc1cccc(C)c1NC(=O)[C@@H](C)Oc1ccc(F)c(F)c1. The second-order valence-electron chi connectivity index (χ2n) is 5.09. The fourth-order valence-electron chi connectivity index (χ4n) is 2.04. The monoisotopic (exact) mass is 305 g/mol. The van der Waals surface area contributed by atoms with E-state index in [2.05, 4.69) is 5.32 Å². The molecular weight excluding hydrogens is 288 g/mol. The second-order valence-corrected chi connectivity index (χ2v) is 5.09. The number of rotatable bonds is 4. The molecule has 22 heavy (non-hydrogen) atoms. The van der Waals surface area contributed by atoms with Crippen LogP contribution in [-0.4, -0.2) is 12.0 Å². The topological polar surface area (TPSA) is 38.3 Å². The molecule has 0 heterocycles. The molecule has 2 aromatic carbocycles. The number of nitrogens with one attached hydrogen (secondary N) is 1. The highest BCUT2D eigenvalue weighted by Crippen LogP contribution is 2.21. The van der Waals surface area contributed by atoms with Gasteiger partial charge in [0.2, 0.25) is 0 Å². The van der Waals surface area contributed by atoms with Crippen LogP contribution in [0.3, 0.4) is 0 Å². The summed E-state index contributed by atoms with van der Waals surface area (Å²) < 4.78 is 31.3. The third-order valence-corrected chi connectivity index (χ3v) is 3.30. The lowest BCUT2D eigenvalue weighted by atomic mass is 10.1. The Morgan fingerprint density at radius 1 is 1.09 bits per heavy atom. The first-order valence-electron chi connectivity index (χ1n) is 6.87. The van der Waals surface area contributed by atoms with E-state index in [1.807, 2.05) is 32.0 Å². The van der Waals surface area contributed by atoms with Gasteiger partial charge in [-0.1, -0.05) is 18.2 Å². The maximum Gasteiger partial charge on any atom is 0.265 e. The lowest BCUT2D eigenvalue weighted by Gasteiger charge is -2.17. The molecule has 2 aromatic rings. The Hall–Kier alpha value is -2.43. The number of anilines is 1. The Morgan fingerprint density at radius 3 is 2.32 bits per heavy atom. The van der Waals surface area contributed by atoms with E-state index in [1.165, 1.54) is 6.07 Å². The molecule has 116 valence electrons. The van der Waals surface area contributed by atoms with E-state index in [4.69, 9.17) is 4.74 Å². The highest BCUT2D eigenvalue weighted by atomic mass is 19.2. The minimum atomic E-state index is -1.01. The summed E-state index contributed by atoms with van der Waals surface area (Å²) in [5, 5.41) is 2.79. The van der Waals surface area contributed by atoms with Gasteiger partial charge in [0.05, 0.1) is 0 Å². The van der Waals surface area contributed by atoms with Crippen molar-refractivity contribution in [1.29, 1.82) is 0 Å². The fourth-order valence-corrected chi connectivity index (χ4v) is 2.04. The number of aryl methyl sites for hydroxylation is 2. The summed E-state index contributed by atoms with van der Waals surface area (Å²) in [5.41, 5.74) is 2.61. The van der Waals surface area contributed by atoms with Crippen LogP contribution in [0.2, 0.25) is 0 Å². The highest BCUT2D eigenvalue weighted by molar-refractivity contribution is 5.95. The Kier molecular flexibility index (Phi) is 4.75. The zero-order valence-corrected chi connectivity index (χ0v) is 12.6. The zero-order chi connectivity index (χ0) is 16.3. The smallest absolute Gasteiger partial charge is 0.265 e. The van der Waals surface area contributed by atoms with Crippen LogP contribution < -0.4 is 10.1 Å². The van der Waals surface area contributed by atoms with E-state index in [9.17, 15) is 13.6 Å². The van der Waals surface area contributed by atoms with Crippen molar-refractivity contribution in [3.05, 3.63) is 59.2 Å². The molecule has 0 saturated heterocycles. The van der Waals surface area contributed by atoms with Crippen LogP contribution in [0.4, 0.5) is 14.5 Å². The second kappa shape index (κ2) is 6.56. The molecule has 2 rings (SSSR count). The van der Waals surface area contributed by atoms with Gasteiger partial charge in [0.25, 0.3) is 5.91 Å². The van der Waals surface area contributed by atoms with Crippen molar-refractivity contribution in [2.75, 3.05) is 5.32 Å². The molecular formula is C17H17F2NO2. The van der Waals surface area contributed by atoms with E-state index in [0.29, 0.717) is 0 Å². The van der Waals surface area contributed by atoms with Crippen LogP contribution in [0.5, 0.6) is 5.75 Å². The number of para-hydroxylation sites is 1. The highest BCUT2D eigenvalue weighted by Gasteiger charge is 2.17. The molecule has 0 unspecified atom stereocenters. The maximum atomic E-state index is 13.1. The molecule has 0 aliphatic carbocycles. The van der Waals surface area contributed by atoms with Crippen molar-refractivity contribution in [2.24, 2.45) is 0 Å². The van der Waals surface area contributed by atoms with Crippen LogP contribution in [0.15, 0.2) is 36.4 Å². The van der Waals surface area contributed by atoms with Gasteiger partial charge in [-0.05, 0) is 44.0 Å². The first-order chi connectivity index (χ1) is 10.4. The standard InChI is InChI=1S/C17H17F2NO2/c1-10-5-4-6-11(2)16(10)20-17(21)12(3)22-13-7-8-14(18)15(19)9-13/h4-9,12H,1-3H3,(H,20,21)/t12-/m1/s1. The molecule has 0 saturated carbocycles. The summed E-state index contributed by atoms with van der Waals surface area (Å²) in [5.74, 6) is -2.23. The summed E-state index contributed by atoms with van der Waals surface area (Å²) in [6.45, 7) is 5.33. The van der Waals surface area contributed by atoms with Gasteiger partial charge in [-0.25, -0.2) is 8.78 Å². The molecule has 0 bridgehead atoms. The first kappa shape index (κ1) is 15.9. The predicted octanol–water partition coefficient (Wildman–Crippen LogP) is 3.99. The van der Waals surface area contributed by atoms with Crippen LogP contribution in [-0.2, 0) is 4.79 Å². The summed E-state index contributed by atoms with van der Waals surface area (Å²) >= 11 is 0. The zero-order valence-electron chi connectivity index (χ0n) is 12.6. The Morgan fingerprint density at radius 2 is 1.73 bits per heavy atom.